The number of rotatable bonds is 7. The van der Waals surface area contributed by atoms with Crippen molar-refractivity contribution in [3.05, 3.63) is 271 Å². The zero-order chi connectivity index (χ0) is 44.3. The summed E-state index contributed by atoms with van der Waals surface area (Å²) in [7, 11) is 0. The third-order valence-corrected chi connectivity index (χ3v) is 13.8. The number of benzene rings is 11. The minimum Gasteiger partial charge on any atom is -0.208 e. The van der Waals surface area contributed by atoms with Crippen LogP contribution >= 0.6 is 0 Å². The summed E-state index contributed by atoms with van der Waals surface area (Å²) in [6.45, 7) is 0. The second kappa shape index (κ2) is 15.7. The van der Waals surface area contributed by atoms with Crippen LogP contribution in [-0.2, 0) is 5.41 Å². The van der Waals surface area contributed by atoms with Gasteiger partial charge in [0.25, 0.3) is 0 Å². The lowest BCUT2D eigenvalue weighted by Gasteiger charge is -2.35. The Bertz CT molecular complexity index is 3800. The van der Waals surface area contributed by atoms with E-state index in [9.17, 15) is 0 Å². The molecule has 3 nitrogen and oxygen atoms in total. The van der Waals surface area contributed by atoms with Crippen molar-refractivity contribution in [3.8, 4) is 67.5 Å². The third kappa shape index (κ3) is 6.16. The highest BCUT2D eigenvalue weighted by Crippen LogP contribution is 2.58. The van der Waals surface area contributed by atoms with Gasteiger partial charge >= 0.3 is 0 Å². The molecular weight excluding hydrogens is 811 g/mol. The number of aromatic nitrogens is 3. The average molecular weight is 852 g/mol. The van der Waals surface area contributed by atoms with Crippen molar-refractivity contribution in [1.82, 2.24) is 15.0 Å². The highest BCUT2D eigenvalue weighted by atomic mass is 15.0. The Morgan fingerprint density at radius 1 is 0.269 bits per heavy atom. The zero-order valence-corrected chi connectivity index (χ0v) is 36.5. The van der Waals surface area contributed by atoms with E-state index in [1.165, 1.54) is 71.3 Å². The molecular formula is C64H41N3. The van der Waals surface area contributed by atoms with Crippen molar-refractivity contribution < 1.29 is 0 Å². The molecule has 0 saturated heterocycles. The van der Waals surface area contributed by atoms with Crippen molar-refractivity contribution in [1.29, 1.82) is 0 Å². The highest BCUT2D eigenvalue weighted by Gasteiger charge is 2.48. The molecule has 0 fully saturated rings. The van der Waals surface area contributed by atoms with Crippen LogP contribution in [0.15, 0.2) is 249 Å². The molecule has 0 amide bonds. The van der Waals surface area contributed by atoms with E-state index in [-0.39, 0.29) is 0 Å². The molecule has 0 aliphatic heterocycles. The van der Waals surface area contributed by atoms with Crippen molar-refractivity contribution in [2.45, 2.75) is 5.41 Å². The van der Waals surface area contributed by atoms with Crippen molar-refractivity contribution >= 4 is 32.3 Å². The SMILES string of the molecule is c1ccc(-c2ccccc2-c2nc(-c3ccc(-c4c5ccccc5cc5c4ccc4ccccc45)cc3)nc(-c3cccc4c3C(c3ccccc3)(c3ccccc3)c3ccccc3-4)n2)cc1. The molecule has 3 heteroatoms. The molecule has 0 bridgehead atoms. The van der Waals surface area contributed by atoms with E-state index in [4.69, 9.17) is 15.0 Å². The number of hydrogen-bond acceptors (Lipinski definition) is 3. The van der Waals surface area contributed by atoms with E-state index < -0.39 is 5.41 Å². The van der Waals surface area contributed by atoms with Crippen LogP contribution in [-0.4, -0.2) is 15.0 Å². The maximum absolute atomic E-state index is 5.51. The molecule has 1 heterocycles. The van der Waals surface area contributed by atoms with Crippen molar-refractivity contribution in [2.75, 3.05) is 0 Å². The van der Waals surface area contributed by atoms with Crippen LogP contribution in [0.25, 0.3) is 99.9 Å². The van der Waals surface area contributed by atoms with Gasteiger partial charge in [-0.2, -0.15) is 0 Å². The lowest BCUT2D eigenvalue weighted by Crippen LogP contribution is -2.29. The van der Waals surface area contributed by atoms with E-state index in [0.717, 1.165) is 33.4 Å². The fourth-order valence-corrected chi connectivity index (χ4v) is 10.9. The molecule has 0 N–H and O–H groups in total. The summed E-state index contributed by atoms with van der Waals surface area (Å²) in [5, 5.41) is 7.41. The molecule has 13 rings (SSSR count). The van der Waals surface area contributed by atoms with Gasteiger partial charge in [-0.3, -0.25) is 0 Å². The fraction of sp³-hybridized carbons (Fsp3) is 0.0156. The van der Waals surface area contributed by atoms with Crippen LogP contribution in [0.4, 0.5) is 0 Å². The van der Waals surface area contributed by atoms with Gasteiger partial charge in [-0.1, -0.05) is 243 Å². The molecule has 0 saturated carbocycles. The Morgan fingerprint density at radius 3 is 1.52 bits per heavy atom. The average Bonchev–Trinajstić information content (AvgIpc) is 3.72. The van der Waals surface area contributed by atoms with Gasteiger partial charge in [-0.15, -0.1) is 0 Å². The van der Waals surface area contributed by atoms with E-state index in [1.54, 1.807) is 0 Å². The molecule has 312 valence electrons. The van der Waals surface area contributed by atoms with Gasteiger partial charge in [0.2, 0.25) is 0 Å². The van der Waals surface area contributed by atoms with E-state index in [2.05, 4.69) is 249 Å². The number of fused-ring (bicyclic) bond motifs is 7. The second-order valence-corrected chi connectivity index (χ2v) is 17.4. The Labute approximate surface area is 389 Å². The highest BCUT2D eigenvalue weighted by molar-refractivity contribution is 6.20. The third-order valence-electron chi connectivity index (χ3n) is 13.8. The minimum atomic E-state index is -0.645. The van der Waals surface area contributed by atoms with Gasteiger partial charge in [-0.05, 0) is 94.0 Å². The molecule has 0 unspecified atom stereocenters. The smallest absolute Gasteiger partial charge is 0.164 e. The summed E-state index contributed by atoms with van der Waals surface area (Å²) in [4.78, 5) is 16.4. The summed E-state index contributed by atoms with van der Waals surface area (Å²) in [5.41, 5.74) is 13.9. The standard InChI is InChI=1S/C64H41N3/c1-4-19-42(20-5-1)49-27-14-15-31-55(49)62-65-61(45-37-35-44(36-38-45)59-51-29-13-11-22-46(51)41-57-50-28-12-10-21-43(50)39-40-53(57)59)66-63(67-62)56-33-18-32-54-52-30-16-17-34-58(52)64(60(54)56,47-23-6-2-7-24-47)48-25-8-3-9-26-48/h1-41H. The normalized spacial score (nSPS) is 12.6. The molecule has 1 aliphatic carbocycles. The van der Waals surface area contributed by atoms with Gasteiger partial charge in [0.1, 0.15) is 0 Å². The Kier molecular flexibility index (Phi) is 9.07. The molecule has 1 aromatic heterocycles. The van der Waals surface area contributed by atoms with Crippen molar-refractivity contribution in [3.63, 3.8) is 0 Å². The Hall–Kier alpha value is -8.79. The lowest BCUT2D eigenvalue weighted by molar-refractivity contribution is 0.769. The number of hydrogen-bond donors (Lipinski definition) is 0. The first-order valence-electron chi connectivity index (χ1n) is 22.9. The lowest BCUT2D eigenvalue weighted by atomic mass is 9.66. The topological polar surface area (TPSA) is 38.7 Å². The first-order valence-corrected chi connectivity index (χ1v) is 22.9. The van der Waals surface area contributed by atoms with E-state index >= 15 is 0 Å². The summed E-state index contributed by atoms with van der Waals surface area (Å²) >= 11 is 0. The maximum Gasteiger partial charge on any atom is 0.164 e. The first-order chi connectivity index (χ1) is 33.2. The quantitative estimate of drug-likeness (QED) is 0.118. The Morgan fingerprint density at radius 2 is 0.791 bits per heavy atom. The minimum absolute atomic E-state index is 0.612. The second-order valence-electron chi connectivity index (χ2n) is 17.4. The molecule has 1 aliphatic rings. The van der Waals surface area contributed by atoms with Crippen LogP contribution in [0, 0.1) is 0 Å². The van der Waals surface area contributed by atoms with Gasteiger partial charge in [0, 0.05) is 16.7 Å². The van der Waals surface area contributed by atoms with Crippen LogP contribution in [0.3, 0.4) is 0 Å². The van der Waals surface area contributed by atoms with Crippen LogP contribution in [0.2, 0.25) is 0 Å². The van der Waals surface area contributed by atoms with Gasteiger partial charge in [0.05, 0.1) is 5.41 Å². The fourth-order valence-electron chi connectivity index (χ4n) is 10.9. The van der Waals surface area contributed by atoms with Crippen molar-refractivity contribution in [2.24, 2.45) is 0 Å². The zero-order valence-electron chi connectivity index (χ0n) is 36.5. The predicted octanol–water partition coefficient (Wildman–Crippen LogP) is 16.0. The monoisotopic (exact) mass is 851 g/mol. The summed E-state index contributed by atoms with van der Waals surface area (Å²) < 4.78 is 0. The van der Waals surface area contributed by atoms with E-state index in [1.807, 2.05) is 0 Å². The predicted molar refractivity (Wildman–Crippen MR) is 277 cm³/mol. The number of nitrogens with zero attached hydrogens (tertiary/aromatic N) is 3. The molecule has 0 radical (unpaired) electrons. The first kappa shape index (κ1) is 38.6. The molecule has 12 aromatic rings. The van der Waals surface area contributed by atoms with E-state index in [0.29, 0.717) is 17.5 Å². The molecule has 0 atom stereocenters. The van der Waals surface area contributed by atoms with Crippen LogP contribution in [0.5, 0.6) is 0 Å². The summed E-state index contributed by atoms with van der Waals surface area (Å²) in [5.74, 6) is 1.86. The maximum atomic E-state index is 5.51. The molecule has 11 aromatic carbocycles. The molecule has 67 heavy (non-hydrogen) atoms. The summed E-state index contributed by atoms with van der Waals surface area (Å²) in [6, 6.07) is 89.4. The van der Waals surface area contributed by atoms with Gasteiger partial charge in [-0.25, -0.2) is 15.0 Å². The molecule has 0 spiro atoms. The van der Waals surface area contributed by atoms with Crippen LogP contribution < -0.4 is 0 Å². The van der Waals surface area contributed by atoms with Gasteiger partial charge in [0.15, 0.2) is 17.5 Å². The van der Waals surface area contributed by atoms with Crippen LogP contribution in [0.1, 0.15) is 22.3 Å². The Balaban J connectivity index is 1.05. The van der Waals surface area contributed by atoms with Gasteiger partial charge < -0.3 is 0 Å². The summed E-state index contributed by atoms with van der Waals surface area (Å²) in [6.07, 6.45) is 0. The largest absolute Gasteiger partial charge is 0.208 e.